The number of amides is 1. The monoisotopic (exact) mass is 351 g/mol. The first-order valence-electron chi connectivity index (χ1n) is 6.90. The molecule has 0 saturated carbocycles. The van der Waals surface area contributed by atoms with Crippen LogP contribution in [0.3, 0.4) is 0 Å². The first-order valence-corrected chi connectivity index (χ1v) is 7.66. The van der Waals surface area contributed by atoms with E-state index in [0.29, 0.717) is 27.7 Å². The first kappa shape index (κ1) is 17.3. The number of rotatable bonds is 5. The molecular formula is C17H15Cl2NO3. The van der Waals surface area contributed by atoms with E-state index in [-0.39, 0.29) is 12.5 Å². The number of ether oxygens (including phenoxy) is 1. The maximum Gasteiger partial charge on any atom is 0.338 e. The summed E-state index contributed by atoms with van der Waals surface area (Å²) in [6.07, 6.45) is 0. The number of carbonyl (C=O) groups excluding carboxylic acids is 2. The van der Waals surface area contributed by atoms with Crippen LogP contribution in [0.5, 0.6) is 0 Å². The number of nitrogens with one attached hydrogen (secondary N) is 1. The Morgan fingerprint density at radius 2 is 1.78 bits per heavy atom. The van der Waals surface area contributed by atoms with Crippen molar-refractivity contribution in [2.24, 2.45) is 0 Å². The molecule has 120 valence electrons. The van der Waals surface area contributed by atoms with Crippen molar-refractivity contribution in [2.45, 2.75) is 20.1 Å². The minimum absolute atomic E-state index is 0.0719. The third-order valence-corrected chi connectivity index (χ3v) is 3.69. The zero-order valence-corrected chi connectivity index (χ0v) is 13.9. The van der Waals surface area contributed by atoms with Crippen LogP contribution in [-0.4, -0.2) is 11.9 Å². The molecule has 0 radical (unpaired) electrons. The fraction of sp³-hybridized carbons (Fsp3) is 0.176. The third kappa shape index (κ3) is 5.27. The molecule has 0 heterocycles. The zero-order valence-electron chi connectivity index (χ0n) is 12.4. The highest BCUT2D eigenvalue weighted by molar-refractivity contribution is 6.35. The molecule has 2 aromatic carbocycles. The molecule has 0 spiro atoms. The van der Waals surface area contributed by atoms with Crippen LogP contribution in [0, 0.1) is 0 Å². The van der Waals surface area contributed by atoms with Crippen molar-refractivity contribution in [3.63, 3.8) is 0 Å². The summed E-state index contributed by atoms with van der Waals surface area (Å²) in [5.41, 5.74) is 2.02. The molecule has 1 amide bonds. The molecule has 23 heavy (non-hydrogen) atoms. The quantitative estimate of drug-likeness (QED) is 0.828. The number of hydrogen-bond donors (Lipinski definition) is 1. The van der Waals surface area contributed by atoms with Gasteiger partial charge in [0.25, 0.3) is 0 Å². The molecule has 0 aliphatic carbocycles. The molecule has 0 saturated heterocycles. The average molecular weight is 352 g/mol. The maximum atomic E-state index is 12.0. The van der Waals surface area contributed by atoms with Crippen molar-refractivity contribution in [3.05, 3.63) is 69.2 Å². The molecule has 0 aliphatic heterocycles. The van der Waals surface area contributed by atoms with Gasteiger partial charge < -0.3 is 10.1 Å². The Balaban J connectivity index is 1.94. The summed E-state index contributed by atoms with van der Waals surface area (Å²) in [5.74, 6) is -0.546. The molecule has 0 aromatic heterocycles. The molecule has 0 bridgehead atoms. The normalized spacial score (nSPS) is 10.2. The van der Waals surface area contributed by atoms with Gasteiger partial charge in [-0.25, -0.2) is 4.79 Å². The van der Waals surface area contributed by atoms with Gasteiger partial charge >= 0.3 is 5.97 Å². The van der Waals surface area contributed by atoms with E-state index in [4.69, 9.17) is 27.9 Å². The van der Waals surface area contributed by atoms with Gasteiger partial charge in [-0.3, -0.25) is 4.79 Å². The van der Waals surface area contributed by atoms with E-state index < -0.39 is 5.97 Å². The minimum atomic E-state index is -0.443. The molecule has 1 N–H and O–H groups in total. The van der Waals surface area contributed by atoms with Crippen molar-refractivity contribution >= 4 is 35.1 Å². The smallest absolute Gasteiger partial charge is 0.338 e. The lowest BCUT2D eigenvalue weighted by Crippen LogP contribution is -2.18. The summed E-state index contributed by atoms with van der Waals surface area (Å²) < 4.78 is 5.24. The molecule has 2 aromatic rings. The van der Waals surface area contributed by atoms with Gasteiger partial charge in [-0.1, -0.05) is 41.4 Å². The van der Waals surface area contributed by atoms with E-state index in [2.05, 4.69) is 5.32 Å². The largest absolute Gasteiger partial charge is 0.457 e. The van der Waals surface area contributed by atoms with Gasteiger partial charge in [0.15, 0.2) is 0 Å². The number of hydrogen-bond acceptors (Lipinski definition) is 3. The highest BCUT2D eigenvalue weighted by atomic mass is 35.5. The molecule has 0 fully saturated rings. The van der Waals surface area contributed by atoms with Gasteiger partial charge in [-0.2, -0.15) is 0 Å². The maximum absolute atomic E-state index is 12.0. The van der Waals surface area contributed by atoms with Crippen molar-refractivity contribution in [2.75, 3.05) is 0 Å². The predicted molar refractivity (Wildman–Crippen MR) is 89.5 cm³/mol. The van der Waals surface area contributed by atoms with E-state index in [0.717, 1.165) is 5.56 Å². The van der Waals surface area contributed by atoms with E-state index >= 15 is 0 Å². The lowest BCUT2D eigenvalue weighted by atomic mass is 10.1. The zero-order chi connectivity index (χ0) is 16.8. The lowest BCUT2D eigenvalue weighted by Gasteiger charge is -2.08. The van der Waals surface area contributed by atoms with Crippen LogP contribution >= 0.6 is 23.2 Å². The number of halogens is 2. The minimum Gasteiger partial charge on any atom is -0.457 e. The summed E-state index contributed by atoms with van der Waals surface area (Å²) in [6.45, 7) is 1.95. The first-order chi connectivity index (χ1) is 11.0. The van der Waals surface area contributed by atoms with Crippen LogP contribution in [0.4, 0.5) is 0 Å². The second-order valence-electron chi connectivity index (χ2n) is 4.92. The Labute approximate surface area is 144 Å². The van der Waals surface area contributed by atoms with Gasteiger partial charge in [-0.15, -0.1) is 0 Å². The SMILES string of the molecule is CC(=O)NCc1ccc(C(=O)OCc2ccc(Cl)cc2Cl)cc1. The van der Waals surface area contributed by atoms with Crippen molar-refractivity contribution in [3.8, 4) is 0 Å². The fourth-order valence-corrected chi connectivity index (χ4v) is 2.31. The summed E-state index contributed by atoms with van der Waals surface area (Å²) in [4.78, 5) is 22.9. The van der Waals surface area contributed by atoms with Gasteiger partial charge in [0.1, 0.15) is 6.61 Å². The summed E-state index contributed by atoms with van der Waals surface area (Å²) in [6, 6.07) is 11.8. The van der Waals surface area contributed by atoms with Crippen LogP contribution < -0.4 is 5.32 Å². The average Bonchev–Trinajstić information content (AvgIpc) is 2.52. The number of esters is 1. The Bertz CT molecular complexity index is 714. The van der Waals surface area contributed by atoms with Crippen LogP contribution in [0.15, 0.2) is 42.5 Å². The van der Waals surface area contributed by atoms with Crippen molar-refractivity contribution in [1.29, 1.82) is 0 Å². The number of benzene rings is 2. The Hall–Kier alpha value is -2.04. The molecule has 4 nitrogen and oxygen atoms in total. The summed E-state index contributed by atoms with van der Waals surface area (Å²) in [5, 5.41) is 3.67. The Kier molecular flexibility index (Phi) is 6.02. The molecule has 6 heteroatoms. The van der Waals surface area contributed by atoms with E-state index in [1.807, 2.05) is 0 Å². The van der Waals surface area contributed by atoms with Crippen LogP contribution in [-0.2, 0) is 22.7 Å². The number of carbonyl (C=O) groups is 2. The fourth-order valence-electron chi connectivity index (χ4n) is 1.85. The predicted octanol–water partition coefficient (Wildman–Crippen LogP) is 3.99. The van der Waals surface area contributed by atoms with Gasteiger partial charge in [0.2, 0.25) is 5.91 Å². The highest BCUT2D eigenvalue weighted by Crippen LogP contribution is 2.22. The Morgan fingerprint density at radius 1 is 1.09 bits per heavy atom. The Morgan fingerprint density at radius 3 is 2.39 bits per heavy atom. The van der Waals surface area contributed by atoms with E-state index in [1.165, 1.54) is 6.92 Å². The van der Waals surface area contributed by atoms with E-state index in [9.17, 15) is 9.59 Å². The summed E-state index contributed by atoms with van der Waals surface area (Å²) >= 11 is 11.8. The van der Waals surface area contributed by atoms with Crippen molar-refractivity contribution < 1.29 is 14.3 Å². The third-order valence-electron chi connectivity index (χ3n) is 3.10. The van der Waals surface area contributed by atoms with Gasteiger partial charge in [0, 0.05) is 29.1 Å². The van der Waals surface area contributed by atoms with Crippen LogP contribution in [0.1, 0.15) is 28.4 Å². The van der Waals surface area contributed by atoms with Crippen molar-refractivity contribution in [1.82, 2.24) is 5.32 Å². The topological polar surface area (TPSA) is 55.4 Å². The molecule has 0 unspecified atom stereocenters. The van der Waals surface area contributed by atoms with Gasteiger partial charge in [-0.05, 0) is 29.8 Å². The second-order valence-corrected chi connectivity index (χ2v) is 5.76. The van der Waals surface area contributed by atoms with Crippen LogP contribution in [0.25, 0.3) is 0 Å². The second kappa shape index (κ2) is 7.99. The standard InChI is InChI=1S/C17H15Cl2NO3/c1-11(21)20-9-12-2-4-13(5-3-12)17(22)23-10-14-6-7-15(18)8-16(14)19/h2-8H,9-10H2,1H3,(H,20,21). The molecule has 0 aliphatic rings. The highest BCUT2D eigenvalue weighted by Gasteiger charge is 2.09. The molecular weight excluding hydrogens is 337 g/mol. The van der Waals surface area contributed by atoms with E-state index in [1.54, 1.807) is 42.5 Å². The summed E-state index contributed by atoms with van der Waals surface area (Å²) in [7, 11) is 0. The molecule has 2 rings (SSSR count). The lowest BCUT2D eigenvalue weighted by molar-refractivity contribution is -0.119. The molecule has 0 atom stereocenters. The van der Waals surface area contributed by atoms with Gasteiger partial charge in [0.05, 0.1) is 5.56 Å². The van der Waals surface area contributed by atoms with Crippen LogP contribution in [0.2, 0.25) is 10.0 Å².